The first-order chi connectivity index (χ1) is 10.7. The molecule has 0 bridgehead atoms. The Balaban J connectivity index is 2.11. The van der Waals surface area contributed by atoms with Crippen molar-refractivity contribution in [3.05, 3.63) is 59.7 Å². The molecule has 0 unspecified atom stereocenters. The van der Waals surface area contributed by atoms with Gasteiger partial charge in [0.15, 0.2) is 0 Å². The monoisotopic (exact) mass is 293 g/mol. The Labute approximate surface area is 129 Å². The van der Waals surface area contributed by atoms with Gasteiger partial charge in [0.05, 0.1) is 18.7 Å². The third-order valence-corrected chi connectivity index (χ3v) is 3.78. The van der Waals surface area contributed by atoms with Gasteiger partial charge in [0.1, 0.15) is 0 Å². The molecule has 3 nitrogen and oxygen atoms in total. The number of benzene rings is 2. The van der Waals surface area contributed by atoms with Crippen LogP contribution in [-0.4, -0.2) is 17.6 Å². The van der Waals surface area contributed by atoms with Crippen LogP contribution >= 0.6 is 0 Å². The summed E-state index contributed by atoms with van der Waals surface area (Å²) < 4.78 is 5.12. The quantitative estimate of drug-likeness (QED) is 0.731. The van der Waals surface area contributed by atoms with E-state index in [2.05, 4.69) is 36.2 Å². The molecule has 1 heterocycles. The van der Waals surface area contributed by atoms with Gasteiger partial charge in [0, 0.05) is 10.9 Å². The molecule has 2 aromatic carbocycles. The molecule has 112 valence electrons. The van der Waals surface area contributed by atoms with Gasteiger partial charge in [-0.2, -0.15) is 0 Å². The van der Waals surface area contributed by atoms with Crippen molar-refractivity contribution in [1.82, 2.24) is 4.98 Å². The maximum Gasteiger partial charge on any atom is 0.310 e. The minimum atomic E-state index is -0.194. The lowest BCUT2D eigenvalue weighted by atomic mass is 10.0. The van der Waals surface area contributed by atoms with E-state index in [1.54, 1.807) is 0 Å². The summed E-state index contributed by atoms with van der Waals surface area (Å²) in [6.45, 7) is 4.30. The summed E-state index contributed by atoms with van der Waals surface area (Å²) in [6.07, 6.45) is 0.279. The Bertz CT molecular complexity index is 800. The number of esters is 1. The van der Waals surface area contributed by atoms with E-state index in [0.29, 0.717) is 6.61 Å². The second kappa shape index (κ2) is 6.06. The van der Waals surface area contributed by atoms with E-state index >= 15 is 0 Å². The van der Waals surface area contributed by atoms with Crippen molar-refractivity contribution in [2.24, 2.45) is 0 Å². The summed E-state index contributed by atoms with van der Waals surface area (Å²) in [5.74, 6) is -0.194. The molecule has 0 aliphatic heterocycles. The summed E-state index contributed by atoms with van der Waals surface area (Å²) >= 11 is 0. The lowest BCUT2D eigenvalue weighted by Crippen LogP contribution is -2.07. The number of carbonyl (C=O) groups is 1. The van der Waals surface area contributed by atoms with Gasteiger partial charge in [0.25, 0.3) is 0 Å². The van der Waals surface area contributed by atoms with Gasteiger partial charge >= 0.3 is 5.97 Å². The van der Waals surface area contributed by atoms with E-state index in [1.807, 2.05) is 31.2 Å². The smallest absolute Gasteiger partial charge is 0.310 e. The van der Waals surface area contributed by atoms with Crippen LogP contribution in [0, 0.1) is 6.92 Å². The fourth-order valence-corrected chi connectivity index (χ4v) is 2.71. The summed E-state index contributed by atoms with van der Waals surface area (Å²) in [4.78, 5) is 15.4. The third kappa shape index (κ3) is 2.75. The average Bonchev–Trinajstić information content (AvgIpc) is 2.87. The van der Waals surface area contributed by atoms with Crippen molar-refractivity contribution in [2.45, 2.75) is 20.3 Å². The number of fused-ring (bicyclic) bond motifs is 1. The van der Waals surface area contributed by atoms with Crippen LogP contribution in [0.2, 0.25) is 0 Å². The number of rotatable bonds is 4. The zero-order valence-electron chi connectivity index (χ0n) is 12.8. The number of carbonyl (C=O) groups excluding carboxylic acids is 1. The van der Waals surface area contributed by atoms with Gasteiger partial charge in [-0.3, -0.25) is 4.79 Å². The normalized spacial score (nSPS) is 10.8. The molecule has 0 spiro atoms. The molecule has 0 aliphatic carbocycles. The number of hydrogen-bond acceptors (Lipinski definition) is 2. The minimum Gasteiger partial charge on any atom is -0.466 e. The van der Waals surface area contributed by atoms with Crippen molar-refractivity contribution in [2.75, 3.05) is 6.61 Å². The maximum absolute atomic E-state index is 12.0. The van der Waals surface area contributed by atoms with Gasteiger partial charge in [0.2, 0.25) is 0 Å². The summed E-state index contributed by atoms with van der Waals surface area (Å²) in [7, 11) is 0. The van der Waals surface area contributed by atoms with Crippen LogP contribution in [0.3, 0.4) is 0 Å². The molecule has 3 rings (SSSR count). The first kappa shape index (κ1) is 14.4. The van der Waals surface area contributed by atoms with Gasteiger partial charge in [-0.1, -0.05) is 48.0 Å². The molecular formula is C19H19NO2. The van der Waals surface area contributed by atoms with Gasteiger partial charge in [-0.15, -0.1) is 0 Å². The van der Waals surface area contributed by atoms with E-state index in [9.17, 15) is 4.79 Å². The highest BCUT2D eigenvalue weighted by molar-refractivity contribution is 5.94. The van der Waals surface area contributed by atoms with Crippen LogP contribution in [0.5, 0.6) is 0 Å². The Morgan fingerprint density at radius 2 is 1.82 bits per heavy atom. The molecule has 0 saturated carbocycles. The van der Waals surface area contributed by atoms with Crippen LogP contribution in [-0.2, 0) is 16.0 Å². The van der Waals surface area contributed by atoms with Crippen molar-refractivity contribution in [3.63, 3.8) is 0 Å². The predicted octanol–water partition coefficient (Wildman–Crippen LogP) is 4.25. The second-order valence-electron chi connectivity index (χ2n) is 5.37. The Morgan fingerprint density at radius 1 is 1.09 bits per heavy atom. The third-order valence-electron chi connectivity index (χ3n) is 3.78. The second-order valence-corrected chi connectivity index (χ2v) is 5.37. The Morgan fingerprint density at radius 3 is 2.55 bits per heavy atom. The average molecular weight is 293 g/mol. The van der Waals surface area contributed by atoms with E-state index in [4.69, 9.17) is 4.74 Å². The van der Waals surface area contributed by atoms with Crippen molar-refractivity contribution < 1.29 is 9.53 Å². The molecule has 0 aliphatic rings. The molecule has 22 heavy (non-hydrogen) atoms. The SMILES string of the molecule is CCOC(=O)Cc1c(-c2ccc(C)cc2)[nH]c2ccccc12. The molecule has 3 aromatic rings. The molecule has 0 saturated heterocycles. The number of aromatic nitrogens is 1. The molecule has 0 amide bonds. The van der Waals surface area contributed by atoms with Crippen molar-refractivity contribution >= 4 is 16.9 Å². The summed E-state index contributed by atoms with van der Waals surface area (Å²) in [5.41, 5.74) is 5.33. The van der Waals surface area contributed by atoms with E-state index in [1.165, 1.54) is 5.56 Å². The summed E-state index contributed by atoms with van der Waals surface area (Å²) in [5, 5.41) is 1.08. The topological polar surface area (TPSA) is 42.1 Å². The number of para-hydroxylation sites is 1. The fourth-order valence-electron chi connectivity index (χ4n) is 2.71. The van der Waals surface area contributed by atoms with Crippen molar-refractivity contribution in [1.29, 1.82) is 0 Å². The van der Waals surface area contributed by atoms with Gasteiger partial charge in [-0.05, 0) is 31.0 Å². The largest absolute Gasteiger partial charge is 0.466 e. The summed E-state index contributed by atoms with van der Waals surface area (Å²) in [6, 6.07) is 16.4. The molecule has 1 aromatic heterocycles. The number of aryl methyl sites for hydroxylation is 1. The van der Waals surface area contributed by atoms with E-state index in [0.717, 1.165) is 27.7 Å². The minimum absolute atomic E-state index is 0.194. The zero-order chi connectivity index (χ0) is 15.5. The Kier molecular flexibility index (Phi) is 3.96. The van der Waals surface area contributed by atoms with Gasteiger partial charge in [-0.25, -0.2) is 0 Å². The zero-order valence-corrected chi connectivity index (χ0v) is 12.8. The molecule has 1 N–H and O–H groups in total. The lowest BCUT2D eigenvalue weighted by Gasteiger charge is -2.06. The first-order valence-electron chi connectivity index (χ1n) is 7.51. The number of H-pyrrole nitrogens is 1. The molecular weight excluding hydrogens is 274 g/mol. The lowest BCUT2D eigenvalue weighted by molar-refractivity contribution is -0.142. The molecule has 0 radical (unpaired) electrons. The van der Waals surface area contributed by atoms with E-state index in [-0.39, 0.29) is 12.4 Å². The fraction of sp³-hybridized carbons (Fsp3) is 0.211. The molecule has 0 atom stereocenters. The van der Waals surface area contributed by atoms with Crippen LogP contribution in [0.25, 0.3) is 22.2 Å². The van der Waals surface area contributed by atoms with Gasteiger partial charge < -0.3 is 9.72 Å². The predicted molar refractivity (Wildman–Crippen MR) is 88.8 cm³/mol. The number of aromatic amines is 1. The van der Waals surface area contributed by atoms with Crippen molar-refractivity contribution in [3.8, 4) is 11.3 Å². The maximum atomic E-state index is 12.0. The molecule has 0 fully saturated rings. The molecule has 3 heteroatoms. The van der Waals surface area contributed by atoms with Crippen LogP contribution in [0.1, 0.15) is 18.1 Å². The Hall–Kier alpha value is -2.55. The number of ether oxygens (including phenoxy) is 1. The van der Waals surface area contributed by atoms with Crippen LogP contribution < -0.4 is 0 Å². The van der Waals surface area contributed by atoms with E-state index < -0.39 is 0 Å². The van der Waals surface area contributed by atoms with Crippen LogP contribution in [0.4, 0.5) is 0 Å². The standard InChI is InChI=1S/C19H19NO2/c1-3-22-18(21)12-16-15-6-4-5-7-17(15)20-19(16)14-10-8-13(2)9-11-14/h4-11,20H,3,12H2,1-2H3. The number of hydrogen-bond donors (Lipinski definition) is 1. The first-order valence-corrected chi connectivity index (χ1v) is 7.51. The highest BCUT2D eigenvalue weighted by Gasteiger charge is 2.16. The highest BCUT2D eigenvalue weighted by atomic mass is 16.5. The van der Waals surface area contributed by atoms with Crippen LogP contribution in [0.15, 0.2) is 48.5 Å². The highest BCUT2D eigenvalue weighted by Crippen LogP contribution is 2.31. The number of nitrogens with one attached hydrogen (secondary N) is 1.